The van der Waals surface area contributed by atoms with E-state index in [1.54, 1.807) is 0 Å². The van der Waals surface area contributed by atoms with Crippen molar-refractivity contribution in [2.75, 3.05) is 11.9 Å². The van der Waals surface area contributed by atoms with Crippen LogP contribution < -0.4 is 10.6 Å². The summed E-state index contributed by atoms with van der Waals surface area (Å²) in [5.74, 6) is -6.03. The summed E-state index contributed by atoms with van der Waals surface area (Å²) in [5.41, 5.74) is -1.26. The molecule has 2 amide bonds. The molecule has 2 aromatic rings. The van der Waals surface area contributed by atoms with Gasteiger partial charge in [0, 0.05) is 23.4 Å². The highest BCUT2D eigenvalue weighted by Gasteiger charge is 2.49. The van der Waals surface area contributed by atoms with Crippen molar-refractivity contribution in [3.8, 4) is 0 Å². The number of benzene rings is 2. The summed E-state index contributed by atoms with van der Waals surface area (Å²) >= 11 is 6.29. The van der Waals surface area contributed by atoms with E-state index in [9.17, 15) is 31.2 Å². The molecular formula is C25H26ClF3N2O5S. The third-order valence-electron chi connectivity index (χ3n) is 7.26. The van der Waals surface area contributed by atoms with Gasteiger partial charge in [0.2, 0.25) is 0 Å². The molecule has 200 valence electrons. The van der Waals surface area contributed by atoms with Gasteiger partial charge >= 0.3 is 6.09 Å². The van der Waals surface area contributed by atoms with Gasteiger partial charge in [-0.05, 0) is 55.7 Å². The van der Waals surface area contributed by atoms with E-state index in [0.717, 1.165) is 6.07 Å². The van der Waals surface area contributed by atoms with Crippen LogP contribution in [0.4, 0.5) is 23.7 Å². The first kappa shape index (κ1) is 27.3. The molecule has 0 bridgehead atoms. The maximum Gasteiger partial charge on any atom is 0.407 e. The van der Waals surface area contributed by atoms with Gasteiger partial charge in [-0.1, -0.05) is 25.4 Å². The maximum atomic E-state index is 13.9. The van der Waals surface area contributed by atoms with Gasteiger partial charge in [0.25, 0.3) is 5.91 Å². The molecule has 2 aliphatic rings. The van der Waals surface area contributed by atoms with Crippen LogP contribution in [0, 0.1) is 29.3 Å². The van der Waals surface area contributed by atoms with Crippen molar-refractivity contribution in [2.45, 2.75) is 55.3 Å². The van der Waals surface area contributed by atoms with E-state index in [-0.39, 0.29) is 33.0 Å². The highest BCUT2D eigenvalue weighted by Crippen LogP contribution is 2.45. The molecule has 37 heavy (non-hydrogen) atoms. The third kappa shape index (κ3) is 5.29. The van der Waals surface area contributed by atoms with Gasteiger partial charge in [-0.15, -0.1) is 0 Å². The van der Waals surface area contributed by atoms with Gasteiger partial charge in [0.15, 0.2) is 27.3 Å². The first-order valence-electron chi connectivity index (χ1n) is 11.8. The average Bonchev–Trinajstić information content (AvgIpc) is 3.40. The lowest BCUT2D eigenvalue weighted by molar-refractivity contribution is 0.0330. The second-order valence-electron chi connectivity index (χ2n) is 9.66. The van der Waals surface area contributed by atoms with Crippen LogP contribution in [0.1, 0.15) is 49.9 Å². The van der Waals surface area contributed by atoms with Crippen LogP contribution in [0.25, 0.3) is 0 Å². The summed E-state index contributed by atoms with van der Waals surface area (Å²) in [6.07, 6.45) is 1.61. The molecule has 2 N–H and O–H groups in total. The normalized spacial score (nSPS) is 25.6. The lowest BCUT2D eigenvalue weighted by atomic mass is 9.87. The molecule has 4 rings (SSSR count). The highest BCUT2D eigenvalue weighted by atomic mass is 35.5. The van der Waals surface area contributed by atoms with Gasteiger partial charge in [0.05, 0.1) is 21.7 Å². The van der Waals surface area contributed by atoms with E-state index in [0.29, 0.717) is 44.4 Å². The van der Waals surface area contributed by atoms with Crippen molar-refractivity contribution < 1.29 is 35.9 Å². The Morgan fingerprint density at radius 1 is 1.19 bits per heavy atom. The van der Waals surface area contributed by atoms with E-state index in [2.05, 4.69) is 10.6 Å². The van der Waals surface area contributed by atoms with Crippen LogP contribution >= 0.6 is 11.6 Å². The Hall–Kier alpha value is -2.79. The number of anilines is 1. The summed E-state index contributed by atoms with van der Waals surface area (Å²) in [7, 11) is -4.05. The minimum Gasteiger partial charge on any atom is -0.441 e. The van der Waals surface area contributed by atoms with Gasteiger partial charge in [-0.3, -0.25) is 4.79 Å². The first-order chi connectivity index (χ1) is 17.4. The zero-order valence-corrected chi connectivity index (χ0v) is 21.7. The fraction of sp³-hybridized carbons (Fsp3) is 0.440. The van der Waals surface area contributed by atoms with Gasteiger partial charge in [0.1, 0.15) is 5.60 Å². The Morgan fingerprint density at radius 3 is 2.46 bits per heavy atom. The van der Waals surface area contributed by atoms with Crippen LogP contribution in [-0.2, 0) is 14.6 Å². The Bertz CT molecular complexity index is 1330. The van der Waals surface area contributed by atoms with Crippen molar-refractivity contribution in [2.24, 2.45) is 11.8 Å². The van der Waals surface area contributed by atoms with Crippen molar-refractivity contribution >= 4 is 39.1 Å². The third-order valence-corrected chi connectivity index (χ3v) is 10.2. The summed E-state index contributed by atoms with van der Waals surface area (Å²) < 4.78 is 73.6. The van der Waals surface area contributed by atoms with Crippen molar-refractivity contribution in [1.29, 1.82) is 0 Å². The maximum absolute atomic E-state index is 13.9. The predicted molar refractivity (Wildman–Crippen MR) is 131 cm³/mol. The summed E-state index contributed by atoms with van der Waals surface area (Å²) in [4.78, 5) is 24.2. The van der Waals surface area contributed by atoms with Gasteiger partial charge in [-0.2, -0.15) is 0 Å². The Labute approximate surface area is 217 Å². The SMILES string of the molecule is CC[C@@]1(C[C@@H]2CCC(C)C2S(=O)(=O)c2cc(C(=O)Nc3cc(F)c(F)c(F)c3)ccc2Cl)CNC(=O)O1. The van der Waals surface area contributed by atoms with Crippen LogP contribution in [0.15, 0.2) is 35.2 Å². The van der Waals surface area contributed by atoms with Gasteiger partial charge < -0.3 is 15.4 Å². The number of hydrogen-bond donors (Lipinski definition) is 2. The average molecular weight is 559 g/mol. The fourth-order valence-electron chi connectivity index (χ4n) is 5.32. The molecule has 0 radical (unpaired) electrons. The van der Waals surface area contributed by atoms with Crippen molar-refractivity contribution in [3.63, 3.8) is 0 Å². The van der Waals surface area contributed by atoms with E-state index in [1.165, 1.54) is 12.1 Å². The second kappa shape index (κ2) is 10.2. The number of rotatable bonds is 7. The number of cyclic esters (lactones) is 1. The quantitative estimate of drug-likeness (QED) is 0.438. The van der Waals surface area contributed by atoms with Crippen LogP contribution in [-0.4, -0.2) is 37.8 Å². The molecule has 12 heteroatoms. The number of halogens is 4. The second-order valence-corrected chi connectivity index (χ2v) is 12.1. The summed E-state index contributed by atoms with van der Waals surface area (Å²) in [5, 5.41) is 3.98. The van der Waals surface area contributed by atoms with Crippen LogP contribution in [0.3, 0.4) is 0 Å². The van der Waals surface area contributed by atoms with E-state index in [4.69, 9.17) is 16.3 Å². The molecule has 0 spiro atoms. The topological polar surface area (TPSA) is 102 Å². The molecule has 1 heterocycles. The minimum absolute atomic E-state index is 0.0764. The molecule has 1 aliphatic carbocycles. The van der Waals surface area contributed by atoms with E-state index >= 15 is 0 Å². The number of carbonyl (C=O) groups is 2. The van der Waals surface area contributed by atoms with Crippen molar-refractivity contribution in [3.05, 3.63) is 58.4 Å². The molecule has 1 saturated carbocycles. The molecule has 2 unspecified atom stereocenters. The number of alkyl carbamates (subject to hydrolysis) is 1. The molecule has 2 fully saturated rings. The van der Waals surface area contributed by atoms with Crippen molar-refractivity contribution in [1.82, 2.24) is 5.32 Å². The lowest BCUT2D eigenvalue weighted by Gasteiger charge is -2.31. The zero-order valence-electron chi connectivity index (χ0n) is 20.1. The molecule has 1 aliphatic heterocycles. The Balaban J connectivity index is 1.62. The molecular weight excluding hydrogens is 533 g/mol. The number of hydrogen-bond acceptors (Lipinski definition) is 5. The lowest BCUT2D eigenvalue weighted by Crippen LogP contribution is -2.39. The molecule has 4 atom stereocenters. The predicted octanol–water partition coefficient (Wildman–Crippen LogP) is 5.48. The monoisotopic (exact) mass is 558 g/mol. The number of carbonyl (C=O) groups excluding carboxylic acids is 2. The number of ether oxygens (including phenoxy) is 1. The van der Waals surface area contributed by atoms with Gasteiger partial charge in [-0.25, -0.2) is 26.4 Å². The smallest absolute Gasteiger partial charge is 0.407 e. The Kier molecular flexibility index (Phi) is 7.49. The largest absolute Gasteiger partial charge is 0.441 e. The number of amides is 2. The van der Waals surface area contributed by atoms with E-state index in [1.807, 2.05) is 13.8 Å². The molecule has 2 aromatic carbocycles. The molecule has 1 saturated heterocycles. The molecule has 0 aromatic heterocycles. The molecule has 7 nitrogen and oxygen atoms in total. The first-order valence-corrected chi connectivity index (χ1v) is 13.8. The number of sulfone groups is 1. The highest BCUT2D eigenvalue weighted by molar-refractivity contribution is 7.92. The zero-order chi connectivity index (χ0) is 27.1. The van der Waals surface area contributed by atoms with E-state index < -0.39 is 50.1 Å². The minimum atomic E-state index is -4.05. The van der Waals surface area contributed by atoms with Crippen LogP contribution in [0.2, 0.25) is 5.02 Å². The van der Waals surface area contributed by atoms with Crippen LogP contribution in [0.5, 0.6) is 0 Å². The fourth-order valence-corrected chi connectivity index (χ4v) is 8.17. The summed E-state index contributed by atoms with van der Waals surface area (Å²) in [6, 6.07) is 4.89. The standard InChI is InChI=1S/C25H26ClF3N2O5S/c1-3-25(12-30-24(33)36-25)11-15-5-4-13(2)22(15)37(34,35)20-8-14(6-7-17(20)26)23(32)31-16-9-18(27)21(29)19(28)10-16/h6-10,13,15,22H,3-5,11-12H2,1-2H3,(H,30,33)(H,31,32)/t13?,15-,22?,25+/m0/s1. The Morgan fingerprint density at radius 2 is 1.86 bits per heavy atom. The summed E-state index contributed by atoms with van der Waals surface area (Å²) in [6.45, 7) is 4.00. The number of nitrogens with one attached hydrogen (secondary N) is 2.